The Hall–Kier alpha value is -0.610. The molecule has 0 aromatic rings. The summed E-state index contributed by atoms with van der Waals surface area (Å²) < 4.78 is 5.25. The SMILES string of the molecule is CCOCC(C)NC(C)C(=O)N(C)C. The van der Waals surface area contributed by atoms with Crippen molar-refractivity contribution in [1.29, 1.82) is 0 Å². The second-order valence-electron chi connectivity index (χ2n) is 3.68. The minimum atomic E-state index is -0.152. The molecular formula is C10H22N2O2. The van der Waals surface area contributed by atoms with E-state index in [0.717, 1.165) is 0 Å². The van der Waals surface area contributed by atoms with Gasteiger partial charge in [-0.3, -0.25) is 4.79 Å². The number of hydrogen-bond donors (Lipinski definition) is 1. The lowest BCUT2D eigenvalue weighted by Crippen LogP contribution is -2.46. The lowest BCUT2D eigenvalue weighted by atomic mass is 10.2. The van der Waals surface area contributed by atoms with E-state index in [1.54, 1.807) is 19.0 Å². The summed E-state index contributed by atoms with van der Waals surface area (Å²) in [5, 5.41) is 3.18. The van der Waals surface area contributed by atoms with Crippen LogP contribution in [0.1, 0.15) is 20.8 Å². The van der Waals surface area contributed by atoms with Gasteiger partial charge in [0.05, 0.1) is 12.6 Å². The molecule has 0 aromatic carbocycles. The molecule has 2 atom stereocenters. The topological polar surface area (TPSA) is 41.6 Å². The molecule has 0 radical (unpaired) electrons. The molecule has 0 fully saturated rings. The second kappa shape index (κ2) is 6.79. The van der Waals surface area contributed by atoms with Gasteiger partial charge in [0, 0.05) is 26.7 Å². The minimum Gasteiger partial charge on any atom is -0.380 e. The summed E-state index contributed by atoms with van der Waals surface area (Å²) in [6.45, 7) is 7.19. The van der Waals surface area contributed by atoms with Crippen LogP contribution in [-0.4, -0.2) is 50.2 Å². The minimum absolute atomic E-state index is 0.0911. The Labute approximate surface area is 86.6 Å². The number of likely N-dealkylation sites (N-methyl/N-ethyl adjacent to an activating group) is 1. The Balaban J connectivity index is 3.80. The van der Waals surface area contributed by atoms with Gasteiger partial charge < -0.3 is 15.0 Å². The van der Waals surface area contributed by atoms with Crippen molar-refractivity contribution in [1.82, 2.24) is 10.2 Å². The van der Waals surface area contributed by atoms with Crippen molar-refractivity contribution in [2.24, 2.45) is 0 Å². The zero-order valence-electron chi connectivity index (χ0n) is 9.83. The van der Waals surface area contributed by atoms with Crippen LogP contribution in [0.25, 0.3) is 0 Å². The van der Waals surface area contributed by atoms with Crippen LogP contribution >= 0.6 is 0 Å². The van der Waals surface area contributed by atoms with Crippen LogP contribution in [-0.2, 0) is 9.53 Å². The average molecular weight is 202 g/mol. The maximum absolute atomic E-state index is 11.5. The first kappa shape index (κ1) is 13.4. The monoisotopic (exact) mass is 202 g/mol. The molecular weight excluding hydrogens is 180 g/mol. The highest BCUT2D eigenvalue weighted by molar-refractivity contribution is 5.80. The van der Waals surface area contributed by atoms with Gasteiger partial charge in [-0.25, -0.2) is 0 Å². The van der Waals surface area contributed by atoms with Gasteiger partial charge in [0.15, 0.2) is 0 Å². The van der Waals surface area contributed by atoms with Crippen LogP contribution in [0.4, 0.5) is 0 Å². The van der Waals surface area contributed by atoms with Gasteiger partial charge in [-0.1, -0.05) is 0 Å². The Bertz CT molecular complexity index is 172. The van der Waals surface area contributed by atoms with Crippen molar-refractivity contribution in [2.75, 3.05) is 27.3 Å². The highest BCUT2D eigenvalue weighted by atomic mass is 16.5. The summed E-state index contributed by atoms with van der Waals surface area (Å²) in [5.41, 5.74) is 0. The zero-order chi connectivity index (χ0) is 11.1. The van der Waals surface area contributed by atoms with Crippen LogP contribution < -0.4 is 5.32 Å². The molecule has 14 heavy (non-hydrogen) atoms. The average Bonchev–Trinajstić information content (AvgIpc) is 2.13. The van der Waals surface area contributed by atoms with Crippen LogP contribution in [0.5, 0.6) is 0 Å². The number of carbonyl (C=O) groups is 1. The number of hydrogen-bond acceptors (Lipinski definition) is 3. The van der Waals surface area contributed by atoms with E-state index < -0.39 is 0 Å². The van der Waals surface area contributed by atoms with E-state index in [9.17, 15) is 4.79 Å². The van der Waals surface area contributed by atoms with Gasteiger partial charge in [-0.15, -0.1) is 0 Å². The first-order valence-electron chi connectivity index (χ1n) is 5.04. The Morgan fingerprint density at radius 2 is 2.00 bits per heavy atom. The maximum Gasteiger partial charge on any atom is 0.238 e. The highest BCUT2D eigenvalue weighted by Crippen LogP contribution is 1.92. The van der Waals surface area contributed by atoms with Gasteiger partial charge >= 0.3 is 0 Å². The Morgan fingerprint density at radius 1 is 1.43 bits per heavy atom. The first-order valence-corrected chi connectivity index (χ1v) is 5.04. The number of nitrogens with one attached hydrogen (secondary N) is 1. The second-order valence-corrected chi connectivity index (χ2v) is 3.68. The molecule has 0 aliphatic heterocycles. The van der Waals surface area contributed by atoms with Gasteiger partial charge in [-0.05, 0) is 20.8 Å². The third-order valence-corrected chi connectivity index (χ3v) is 1.92. The molecule has 84 valence electrons. The van der Waals surface area contributed by atoms with Gasteiger partial charge in [-0.2, -0.15) is 0 Å². The van der Waals surface area contributed by atoms with E-state index in [4.69, 9.17) is 4.74 Å². The smallest absolute Gasteiger partial charge is 0.238 e. The van der Waals surface area contributed by atoms with E-state index in [1.165, 1.54) is 0 Å². The highest BCUT2D eigenvalue weighted by Gasteiger charge is 2.16. The Kier molecular flexibility index (Phi) is 6.49. The molecule has 0 spiro atoms. The summed E-state index contributed by atoms with van der Waals surface area (Å²) in [6.07, 6.45) is 0. The fraction of sp³-hybridized carbons (Fsp3) is 0.900. The lowest BCUT2D eigenvalue weighted by molar-refractivity contribution is -0.130. The van der Waals surface area contributed by atoms with Crippen molar-refractivity contribution in [2.45, 2.75) is 32.9 Å². The fourth-order valence-corrected chi connectivity index (χ4v) is 1.23. The van der Waals surface area contributed by atoms with Crippen LogP contribution in [0.15, 0.2) is 0 Å². The van der Waals surface area contributed by atoms with Crippen molar-refractivity contribution in [3.05, 3.63) is 0 Å². The summed E-state index contributed by atoms with van der Waals surface area (Å²) >= 11 is 0. The molecule has 0 saturated carbocycles. The lowest BCUT2D eigenvalue weighted by Gasteiger charge is -2.21. The van der Waals surface area contributed by atoms with Gasteiger partial charge in [0.25, 0.3) is 0 Å². The van der Waals surface area contributed by atoms with Crippen molar-refractivity contribution < 1.29 is 9.53 Å². The molecule has 2 unspecified atom stereocenters. The van der Waals surface area contributed by atoms with Crippen molar-refractivity contribution in [3.8, 4) is 0 Å². The predicted octanol–water partition coefficient (Wildman–Crippen LogP) is 0.478. The molecule has 4 heteroatoms. The van der Waals surface area contributed by atoms with Gasteiger partial charge in [0.2, 0.25) is 5.91 Å². The molecule has 0 saturated heterocycles. The van der Waals surface area contributed by atoms with Crippen LogP contribution in [0.3, 0.4) is 0 Å². The zero-order valence-corrected chi connectivity index (χ0v) is 9.83. The van der Waals surface area contributed by atoms with Crippen molar-refractivity contribution >= 4 is 5.91 Å². The van der Waals surface area contributed by atoms with E-state index in [0.29, 0.717) is 13.2 Å². The third kappa shape index (κ3) is 5.19. The largest absolute Gasteiger partial charge is 0.380 e. The molecule has 1 N–H and O–H groups in total. The number of carbonyl (C=O) groups excluding carboxylic acids is 1. The van der Waals surface area contributed by atoms with E-state index in [2.05, 4.69) is 5.32 Å². The normalized spacial score (nSPS) is 14.9. The Morgan fingerprint density at radius 3 is 2.43 bits per heavy atom. The number of amides is 1. The summed E-state index contributed by atoms with van der Waals surface area (Å²) in [4.78, 5) is 13.1. The standard InChI is InChI=1S/C10H22N2O2/c1-6-14-7-8(2)11-9(3)10(13)12(4)5/h8-9,11H,6-7H2,1-5H3. The molecule has 4 nitrogen and oxygen atoms in total. The molecule has 0 rings (SSSR count). The van der Waals surface area contributed by atoms with Crippen molar-refractivity contribution in [3.63, 3.8) is 0 Å². The maximum atomic E-state index is 11.5. The number of rotatable bonds is 6. The van der Waals surface area contributed by atoms with Gasteiger partial charge in [0.1, 0.15) is 0 Å². The van der Waals surface area contributed by atoms with Crippen LogP contribution in [0, 0.1) is 0 Å². The molecule has 0 bridgehead atoms. The van der Waals surface area contributed by atoms with E-state index >= 15 is 0 Å². The third-order valence-electron chi connectivity index (χ3n) is 1.92. The van der Waals surface area contributed by atoms with E-state index in [1.807, 2.05) is 20.8 Å². The predicted molar refractivity (Wildman–Crippen MR) is 57.2 cm³/mol. The summed E-state index contributed by atoms with van der Waals surface area (Å²) in [5.74, 6) is 0.0911. The molecule has 0 aromatic heterocycles. The first-order chi connectivity index (χ1) is 6.49. The summed E-state index contributed by atoms with van der Waals surface area (Å²) in [6, 6.07) is 0.0503. The molecule has 1 amide bonds. The number of nitrogens with zero attached hydrogens (tertiary/aromatic N) is 1. The molecule has 0 heterocycles. The molecule has 0 aliphatic rings. The molecule has 0 aliphatic carbocycles. The quantitative estimate of drug-likeness (QED) is 0.681. The van der Waals surface area contributed by atoms with Crippen LogP contribution in [0.2, 0.25) is 0 Å². The number of ether oxygens (including phenoxy) is 1. The van der Waals surface area contributed by atoms with E-state index in [-0.39, 0.29) is 18.0 Å². The fourth-order valence-electron chi connectivity index (χ4n) is 1.23. The summed E-state index contributed by atoms with van der Waals surface area (Å²) in [7, 11) is 3.52.